The van der Waals surface area contributed by atoms with Gasteiger partial charge in [-0.2, -0.15) is 0 Å². The van der Waals surface area contributed by atoms with E-state index in [2.05, 4.69) is 4.98 Å². The van der Waals surface area contributed by atoms with E-state index in [9.17, 15) is 13.6 Å². The summed E-state index contributed by atoms with van der Waals surface area (Å²) in [5, 5.41) is 8.81. The zero-order valence-electron chi connectivity index (χ0n) is 11.3. The Labute approximate surface area is 120 Å². The summed E-state index contributed by atoms with van der Waals surface area (Å²) in [6, 6.07) is 7.37. The van der Waals surface area contributed by atoms with Gasteiger partial charge in [-0.1, -0.05) is 12.1 Å². The van der Waals surface area contributed by atoms with Gasteiger partial charge in [-0.25, -0.2) is 13.8 Å². The van der Waals surface area contributed by atoms with Crippen LogP contribution in [0.15, 0.2) is 24.3 Å². The average molecular weight is 298 g/mol. The number of fused-ring (bicyclic) bond motifs is 1. The second-order valence-corrected chi connectivity index (χ2v) is 4.53. The van der Waals surface area contributed by atoms with E-state index in [0.29, 0.717) is 18.8 Å². The van der Waals surface area contributed by atoms with Crippen molar-refractivity contribution in [1.82, 2.24) is 9.55 Å². The van der Waals surface area contributed by atoms with Crippen molar-refractivity contribution >= 4 is 17.0 Å². The monoisotopic (exact) mass is 298 g/mol. The van der Waals surface area contributed by atoms with Crippen molar-refractivity contribution in [2.75, 3.05) is 13.2 Å². The van der Waals surface area contributed by atoms with Crippen LogP contribution in [0.25, 0.3) is 11.0 Å². The molecule has 0 fully saturated rings. The molecule has 1 N–H and O–H groups in total. The van der Waals surface area contributed by atoms with Gasteiger partial charge in [-0.05, 0) is 12.1 Å². The SMILES string of the molecule is O=C(O)CCn1c(CCOCC(F)F)nc2ccccc21. The molecule has 1 heterocycles. The highest BCUT2D eigenvalue weighted by Gasteiger charge is 2.12. The molecule has 0 aliphatic heterocycles. The summed E-state index contributed by atoms with van der Waals surface area (Å²) in [5.74, 6) is -0.251. The van der Waals surface area contributed by atoms with Gasteiger partial charge in [0.25, 0.3) is 6.43 Å². The van der Waals surface area contributed by atoms with E-state index in [-0.39, 0.29) is 13.0 Å². The van der Waals surface area contributed by atoms with Gasteiger partial charge < -0.3 is 14.4 Å². The molecule has 1 aromatic heterocycles. The smallest absolute Gasteiger partial charge is 0.305 e. The first kappa shape index (κ1) is 15.4. The summed E-state index contributed by atoms with van der Waals surface area (Å²) in [6.07, 6.45) is -2.15. The summed E-state index contributed by atoms with van der Waals surface area (Å²) >= 11 is 0. The molecule has 0 aliphatic rings. The van der Waals surface area contributed by atoms with Crippen molar-refractivity contribution in [3.05, 3.63) is 30.1 Å². The normalized spacial score (nSPS) is 11.4. The maximum absolute atomic E-state index is 12.0. The lowest BCUT2D eigenvalue weighted by Crippen LogP contribution is -2.12. The van der Waals surface area contributed by atoms with Gasteiger partial charge >= 0.3 is 5.97 Å². The van der Waals surface area contributed by atoms with Crippen LogP contribution >= 0.6 is 0 Å². The Hall–Kier alpha value is -2.02. The molecule has 2 aromatic rings. The largest absolute Gasteiger partial charge is 0.481 e. The van der Waals surface area contributed by atoms with Gasteiger partial charge in [0.2, 0.25) is 0 Å². The second kappa shape index (κ2) is 7.12. The summed E-state index contributed by atoms with van der Waals surface area (Å²) in [4.78, 5) is 15.1. The van der Waals surface area contributed by atoms with Crippen LogP contribution in [0.3, 0.4) is 0 Å². The van der Waals surface area contributed by atoms with E-state index in [0.717, 1.165) is 11.0 Å². The number of nitrogens with zero attached hydrogens (tertiary/aromatic N) is 2. The van der Waals surface area contributed by atoms with Crippen molar-refractivity contribution < 1.29 is 23.4 Å². The fraction of sp³-hybridized carbons (Fsp3) is 0.429. The van der Waals surface area contributed by atoms with Crippen molar-refractivity contribution in [1.29, 1.82) is 0 Å². The summed E-state index contributed by atoms with van der Waals surface area (Å²) < 4.78 is 30.7. The second-order valence-electron chi connectivity index (χ2n) is 4.53. The van der Waals surface area contributed by atoms with Crippen LogP contribution in [0.2, 0.25) is 0 Å². The number of ether oxygens (including phenoxy) is 1. The number of para-hydroxylation sites is 2. The lowest BCUT2D eigenvalue weighted by atomic mass is 10.3. The van der Waals surface area contributed by atoms with E-state index in [1.165, 1.54) is 0 Å². The number of hydrogen-bond acceptors (Lipinski definition) is 3. The Balaban J connectivity index is 2.12. The molecule has 1 aromatic carbocycles. The van der Waals surface area contributed by atoms with E-state index >= 15 is 0 Å². The topological polar surface area (TPSA) is 64.3 Å². The number of aliphatic carboxylic acids is 1. The predicted molar refractivity (Wildman–Crippen MR) is 72.5 cm³/mol. The first-order valence-corrected chi connectivity index (χ1v) is 6.59. The molecule has 0 saturated carbocycles. The number of benzene rings is 1. The van der Waals surface area contributed by atoms with Crippen molar-refractivity contribution in [2.24, 2.45) is 0 Å². The first-order valence-electron chi connectivity index (χ1n) is 6.59. The van der Waals surface area contributed by atoms with Crippen LogP contribution in [0, 0.1) is 0 Å². The lowest BCUT2D eigenvalue weighted by Gasteiger charge is -2.08. The van der Waals surface area contributed by atoms with E-state index in [1.807, 2.05) is 24.3 Å². The maximum Gasteiger partial charge on any atom is 0.305 e. The number of aromatic nitrogens is 2. The molecule has 2 rings (SSSR count). The number of alkyl halides is 2. The number of imidazole rings is 1. The third-order valence-corrected chi connectivity index (χ3v) is 3.00. The van der Waals surface area contributed by atoms with E-state index in [4.69, 9.17) is 9.84 Å². The van der Waals surface area contributed by atoms with E-state index in [1.54, 1.807) is 4.57 Å². The molecule has 0 aliphatic carbocycles. The number of halogens is 2. The van der Waals surface area contributed by atoms with Crippen molar-refractivity contribution in [3.8, 4) is 0 Å². The zero-order chi connectivity index (χ0) is 15.2. The summed E-state index contributed by atoms with van der Waals surface area (Å²) in [6.45, 7) is -0.184. The molecule has 0 radical (unpaired) electrons. The molecular formula is C14H16F2N2O3. The van der Waals surface area contributed by atoms with Gasteiger partial charge in [0.1, 0.15) is 12.4 Å². The van der Waals surface area contributed by atoms with Crippen LogP contribution in [-0.2, 0) is 22.5 Å². The van der Waals surface area contributed by atoms with Gasteiger partial charge in [-0.3, -0.25) is 4.79 Å². The molecule has 0 amide bonds. The Bertz CT molecular complexity index is 613. The number of hydrogen-bond donors (Lipinski definition) is 1. The Morgan fingerprint density at radius 1 is 1.38 bits per heavy atom. The standard InChI is InChI=1S/C14H16F2N2O3/c15-12(16)9-21-8-6-13-17-10-3-1-2-4-11(10)18(13)7-5-14(19)20/h1-4,12H,5-9H2,(H,19,20). The highest BCUT2D eigenvalue weighted by atomic mass is 19.3. The minimum atomic E-state index is -2.49. The Kier molecular flexibility index (Phi) is 5.21. The molecule has 0 saturated heterocycles. The summed E-state index contributed by atoms with van der Waals surface area (Å²) in [7, 11) is 0. The lowest BCUT2D eigenvalue weighted by molar-refractivity contribution is -0.137. The van der Waals surface area contributed by atoms with Crippen LogP contribution < -0.4 is 0 Å². The number of carbonyl (C=O) groups is 1. The minimum Gasteiger partial charge on any atom is -0.481 e. The van der Waals surface area contributed by atoms with E-state index < -0.39 is 19.0 Å². The molecule has 7 heteroatoms. The number of aryl methyl sites for hydroxylation is 1. The number of rotatable bonds is 8. The van der Waals surface area contributed by atoms with Gasteiger partial charge in [0.15, 0.2) is 0 Å². The van der Waals surface area contributed by atoms with Gasteiger partial charge in [0, 0.05) is 13.0 Å². The summed E-state index contributed by atoms with van der Waals surface area (Å²) in [5.41, 5.74) is 1.59. The van der Waals surface area contributed by atoms with Gasteiger partial charge in [0.05, 0.1) is 24.1 Å². The van der Waals surface area contributed by atoms with Gasteiger partial charge in [-0.15, -0.1) is 0 Å². The van der Waals surface area contributed by atoms with Crippen molar-refractivity contribution in [2.45, 2.75) is 25.8 Å². The number of carboxylic acids is 1. The third kappa shape index (κ3) is 4.22. The highest BCUT2D eigenvalue weighted by Crippen LogP contribution is 2.17. The molecular weight excluding hydrogens is 282 g/mol. The maximum atomic E-state index is 12.0. The fourth-order valence-electron chi connectivity index (χ4n) is 2.11. The Morgan fingerprint density at radius 3 is 2.86 bits per heavy atom. The molecule has 5 nitrogen and oxygen atoms in total. The molecule has 114 valence electrons. The quantitative estimate of drug-likeness (QED) is 0.760. The fourth-order valence-corrected chi connectivity index (χ4v) is 2.11. The van der Waals surface area contributed by atoms with Crippen molar-refractivity contribution in [3.63, 3.8) is 0 Å². The number of carboxylic acid groups (broad SMARTS) is 1. The molecule has 0 bridgehead atoms. The molecule has 0 spiro atoms. The average Bonchev–Trinajstić information content (AvgIpc) is 2.78. The molecule has 0 unspecified atom stereocenters. The van der Waals surface area contributed by atoms with Crippen LogP contribution in [0.1, 0.15) is 12.2 Å². The molecule has 21 heavy (non-hydrogen) atoms. The zero-order valence-corrected chi connectivity index (χ0v) is 11.3. The minimum absolute atomic E-state index is 0.0226. The Morgan fingerprint density at radius 2 is 2.14 bits per heavy atom. The highest BCUT2D eigenvalue weighted by molar-refractivity contribution is 5.76. The van der Waals surface area contributed by atoms with Crippen LogP contribution in [-0.4, -0.2) is 40.3 Å². The predicted octanol–water partition coefficient (Wildman–Crippen LogP) is 2.34. The third-order valence-electron chi connectivity index (χ3n) is 3.00. The first-order chi connectivity index (χ1) is 10.1. The molecule has 0 atom stereocenters. The van der Waals surface area contributed by atoms with Crippen LogP contribution in [0.4, 0.5) is 8.78 Å². The van der Waals surface area contributed by atoms with Crippen LogP contribution in [0.5, 0.6) is 0 Å².